The lowest BCUT2D eigenvalue weighted by molar-refractivity contribution is -0.120. The average molecular weight is 436 g/mol. The minimum atomic E-state index is -3.59. The van der Waals surface area contributed by atoms with Gasteiger partial charge in [-0.25, -0.2) is 8.42 Å². The SMILES string of the molecule is Cc1ccc(S(=O)(=O)N2CCCC(C(=O)Nc3cccc(C(=O)N(C)C)c3)C2)s1. The molecule has 1 saturated heterocycles. The number of rotatable bonds is 5. The first-order valence-corrected chi connectivity index (χ1v) is 11.6. The topological polar surface area (TPSA) is 86.8 Å². The van der Waals surface area contributed by atoms with Gasteiger partial charge in [-0.1, -0.05) is 6.07 Å². The Labute approximate surface area is 175 Å². The molecule has 1 aromatic heterocycles. The molecule has 1 N–H and O–H groups in total. The third kappa shape index (κ3) is 4.85. The molecule has 1 aliphatic rings. The van der Waals surface area contributed by atoms with Crippen LogP contribution in [0.15, 0.2) is 40.6 Å². The standard InChI is InChI=1S/C20H25N3O4S2/c1-14-9-10-18(28-14)29(26,27)23-11-5-7-16(13-23)19(24)21-17-8-4-6-15(12-17)20(25)22(2)3/h4,6,8-10,12,16H,5,7,11,13H2,1-3H3,(H,21,24). The van der Waals surface area contributed by atoms with Crippen molar-refractivity contribution in [2.75, 3.05) is 32.5 Å². The van der Waals surface area contributed by atoms with E-state index in [4.69, 9.17) is 0 Å². The quantitative estimate of drug-likeness (QED) is 0.782. The summed E-state index contributed by atoms with van der Waals surface area (Å²) >= 11 is 1.24. The van der Waals surface area contributed by atoms with Crippen LogP contribution in [0.4, 0.5) is 5.69 Å². The van der Waals surface area contributed by atoms with Gasteiger partial charge in [-0.05, 0) is 50.1 Å². The number of nitrogens with zero attached hydrogens (tertiary/aromatic N) is 2. The van der Waals surface area contributed by atoms with Crippen molar-refractivity contribution in [2.24, 2.45) is 5.92 Å². The summed E-state index contributed by atoms with van der Waals surface area (Å²) in [5.74, 6) is -0.822. The van der Waals surface area contributed by atoms with E-state index in [0.717, 1.165) is 4.88 Å². The summed E-state index contributed by atoms with van der Waals surface area (Å²) in [5, 5.41) is 2.83. The lowest BCUT2D eigenvalue weighted by Gasteiger charge is -2.30. The highest BCUT2D eigenvalue weighted by molar-refractivity contribution is 7.91. The van der Waals surface area contributed by atoms with Crippen LogP contribution >= 0.6 is 11.3 Å². The number of benzene rings is 1. The highest BCUT2D eigenvalue weighted by Gasteiger charge is 2.34. The largest absolute Gasteiger partial charge is 0.345 e. The molecule has 0 radical (unpaired) electrons. The van der Waals surface area contributed by atoms with Crippen LogP contribution in [-0.4, -0.2) is 56.6 Å². The number of thiophene rings is 1. The zero-order chi connectivity index (χ0) is 21.2. The molecule has 1 atom stereocenters. The van der Waals surface area contributed by atoms with Crippen molar-refractivity contribution < 1.29 is 18.0 Å². The van der Waals surface area contributed by atoms with Gasteiger partial charge in [0.15, 0.2) is 0 Å². The Bertz CT molecular complexity index is 1010. The Balaban J connectivity index is 1.70. The molecule has 2 heterocycles. The molecule has 1 unspecified atom stereocenters. The van der Waals surface area contributed by atoms with Gasteiger partial charge in [0.1, 0.15) is 4.21 Å². The lowest BCUT2D eigenvalue weighted by Crippen LogP contribution is -2.43. The first kappa shape index (κ1) is 21.5. The maximum atomic E-state index is 12.9. The van der Waals surface area contributed by atoms with E-state index in [9.17, 15) is 18.0 Å². The molecule has 9 heteroatoms. The number of nitrogens with one attached hydrogen (secondary N) is 1. The van der Waals surface area contributed by atoms with Crippen LogP contribution in [0.5, 0.6) is 0 Å². The molecule has 0 spiro atoms. The second kappa shape index (κ2) is 8.64. The first-order chi connectivity index (χ1) is 13.7. The van der Waals surface area contributed by atoms with Crippen molar-refractivity contribution in [1.29, 1.82) is 0 Å². The Morgan fingerprint density at radius 3 is 2.62 bits per heavy atom. The van der Waals surface area contributed by atoms with Gasteiger partial charge in [0.25, 0.3) is 15.9 Å². The van der Waals surface area contributed by atoms with Crippen LogP contribution in [0.3, 0.4) is 0 Å². The molecular weight excluding hydrogens is 410 g/mol. The van der Waals surface area contributed by atoms with Crippen molar-refractivity contribution in [1.82, 2.24) is 9.21 Å². The van der Waals surface area contributed by atoms with E-state index in [0.29, 0.717) is 34.8 Å². The summed E-state index contributed by atoms with van der Waals surface area (Å²) in [6.45, 7) is 2.43. The third-order valence-corrected chi connectivity index (χ3v) is 8.18. The van der Waals surface area contributed by atoms with E-state index in [-0.39, 0.29) is 18.4 Å². The normalized spacial score (nSPS) is 17.7. The fraction of sp³-hybridized carbons (Fsp3) is 0.400. The molecule has 156 valence electrons. The van der Waals surface area contributed by atoms with Gasteiger partial charge in [-0.3, -0.25) is 9.59 Å². The summed E-state index contributed by atoms with van der Waals surface area (Å²) < 4.78 is 27.5. The summed E-state index contributed by atoms with van der Waals surface area (Å²) in [4.78, 5) is 27.3. The van der Waals surface area contributed by atoms with Crippen LogP contribution in [0.25, 0.3) is 0 Å². The van der Waals surface area contributed by atoms with Crippen molar-refractivity contribution in [3.05, 3.63) is 46.8 Å². The molecule has 1 aliphatic heterocycles. The molecule has 3 rings (SSSR count). The fourth-order valence-corrected chi connectivity index (χ4v) is 6.25. The smallest absolute Gasteiger partial charge is 0.253 e. The van der Waals surface area contributed by atoms with Crippen LogP contribution in [0.1, 0.15) is 28.1 Å². The van der Waals surface area contributed by atoms with E-state index in [1.165, 1.54) is 20.5 Å². The molecule has 1 fully saturated rings. The number of amides is 2. The van der Waals surface area contributed by atoms with Crippen LogP contribution in [0.2, 0.25) is 0 Å². The predicted molar refractivity (Wildman–Crippen MR) is 114 cm³/mol. The number of piperidine rings is 1. The molecule has 2 amide bonds. The zero-order valence-corrected chi connectivity index (χ0v) is 18.3. The van der Waals surface area contributed by atoms with Gasteiger partial charge >= 0.3 is 0 Å². The highest BCUT2D eigenvalue weighted by atomic mass is 32.2. The predicted octanol–water partition coefficient (Wildman–Crippen LogP) is 2.80. The Morgan fingerprint density at radius 1 is 1.21 bits per heavy atom. The summed E-state index contributed by atoms with van der Waals surface area (Å²) in [5.41, 5.74) is 1.00. The fourth-order valence-electron chi connectivity index (χ4n) is 3.29. The number of hydrogen-bond donors (Lipinski definition) is 1. The maximum absolute atomic E-state index is 12.9. The van der Waals surface area contributed by atoms with Gasteiger partial charge in [0.05, 0.1) is 5.92 Å². The van der Waals surface area contributed by atoms with Crippen LogP contribution in [0, 0.1) is 12.8 Å². The summed E-state index contributed by atoms with van der Waals surface area (Å²) in [6, 6.07) is 10.2. The van der Waals surface area contributed by atoms with Gasteiger partial charge in [0.2, 0.25) is 5.91 Å². The van der Waals surface area contributed by atoms with E-state index in [2.05, 4.69) is 5.32 Å². The summed E-state index contributed by atoms with van der Waals surface area (Å²) in [7, 11) is -0.254. The Hall–Kier alpha value is -2.23. The molecule has 1 aromatic carbocycles. The lowest BCUT2D eigenvalue weighted by atomic mass is 9.98. The average Bonchev–Trinajstić information content (AvgIpc) is 3.15. The maximum Gasteiger partial charge on any atom is 0.253 e. The van der Waals surface area contributed by atoms with Crippen molar-refractivity contribution >= 4 is 38.9 Å². The number of hydrogen-bond acceptors (Lipinski definition) is 5. The van der Waals surface area contributed by atoms with Crippen molar-refractivity contribution in [3.8, 4) is 0 Å². The number of anilines is 1. The second-order valence-corrected chi connectivity index (χ2v) is 10.8. The number of carbonyl (C=O) groups is 2. The molecule has 7 nitrogen and oxygen atoms in total. The van der Waals surface area contributed by atoms with E-state index >= 15 is 0 Å². The van der Waals surface area contributed by atoms with E-state index in [1.54, 1.807) is 50.5 Å². The van der Waals surface area contributed by atoms with E-state index in [1.807, 2.05) is 6.92 Å². The van der Waals surface area contributed by atoms with Gasteiger partial charge in [0, 0.05) is 43.3 Å². The highest BCUT2D eigenvalue weighted by Crippen LogP contribution is 2.28. The van der Waals surface area contributed by atoms with E-state index < -0.39 is 15.9 Å². The minimum absolute atomic E-state index is 0.151. The van der Waals surface area contributed by atoms with Gasteiger partial charge < -0.3 is 10.2 Å². The van der Waals surface area contributed by atoms with Crippen molar-refractivity contribution in [2.45, 2.75) is 24.0 Å². The Morgan fingerprint density at radius 2 is 1.97 bits per heavy atom. The molecular formula is C20H25N3O4S2. The third-order valence-electron chi connectivity index (χ3n) is 4.85. The Kier molecular flexibility index (Phi) is 6.40. The van der Waals surface area contributed by atoms with Crippen LogP contribution in [-0.2, 0) is 14.8 Å². The molecule has 2 aromatic rings. The number of carbonyl (C=O) groups excluding carboxylic acids is 2. The first-order valence-electron chi connectivity index (χ1n) is 9.37. The van der Waals surface area contributed by atoms with Gasteiger partial charge in [-0.2, -0.15) is 4.31 Å². The monoisotopic (exact) mass is 435 g/mol. The van der Waals surface area contributed by atoms with Crippen molar-refractivity contribution in [3.63, 3.8) is 0 Å². The molecule has 0 saturated carbocycles. The second-order valence-electron chi connectivity index (χ2n) is 7.34. The summed E-state index contributed by atoms with van der Waals surface area (Å²) in [6.07, 6.45) is 1.25. The van der Waals surface area contributed by atoms with Crippen LogP contribution < -0.4 is 5.32 Å². The minimum Gasteiger partial charge on any atom is -0.345 e. The number of sulfonamides is 1. The molecule has 29 heavy (non-hydrogen) atoms. The zero-order valence-electron chi connectivity index (χ0n) is 16.7. The van der Waals surface area contributed by atoms with Gasteiger partial charge in [-0.15, -0.1) is 11.3 Å². The molecule has 0 bridgehead atoms. The molecule has 0 aliphatic carbocycles. The number of aryl methyl sites for hydroxylation is 1.